The third-order valence-corrected chi connectivity index (χ3v) is 4.53. The number of nitrogens with zero attached hydrogens (tertiary/aromatic N) is 1. The lowest BCUT2D eigenvalue weighted by Crippen LogP contribution is -2.28. The van der Waals surface area contributed by atoms with Crippen LogP contribution in [0.2, 0.25) is 0 Å². The lowest BCUT2D eigenvalue weighted by molar-refractivity contribution is -0.192. The summed E-state index contributed by atoms with van der Waals surface area (Å²) in [6.45, 7) is 2.29. The first-order valence-electron chi connectivity index (χ1n) is 9.13. The summed E-state index contributed by atoms with van der Waals surface area (Å²) in [5.41, 5.74) is 4.66. The normalized spacial score (nSPS) is 13.1. The fourth-order valence-corrected chi connectivity index (χ4v) is 3.09. The molecule has 0 aliphatic carbocycles. The molecular weight excluding hydrogens is 419 g/mol. The number of fused-ring (bicyclic) bond motifs is 2. The average molecular weight is 437 g/mol. The number of halogens is 3. The summed E-state index contributed by atoms with van der Waals surface area (Å²) in [6.07, 6.45) is -4.11. The Kier molecular flexibility index (Phi) is 6.39. The highest BCUT2D eigenvalue weighted by Gasteiger charge is 2.38. The summed E-state index contributed by atoms with van der Waals surface area (Å²) < 4.78 is 31.7. The molecule has 2 aromatic heterocycles. The van der Waals surface area contributed by atoms with Gasteiger partial charge in [-0.15, -0.1) is 0 Å². The molecule has 9 nitrogen and oxygen atoms in total. The van der Waals surface area contributed by atoms with E-state index in [9.17, 15) is 22.8 Å². The van der Waals surface area contributed by atoms with Crippen LogP contribution in [0.25, 0.3) is 11.2 Å². The third-order valence-electron chi connectivity index (χ3n) is 4.53. The topological polar surface area (TPSA) is 140 Å². The van der Waals surface area contributed by atoms with Crippen LogP contribution in [-0.4, -0.2) is 44.7 Å². The Labute approximate surface area is 172 Å². The molecule has 12 heteroatoms. The Hall–Kier alpha value is -3.67. The number of aromatic nitrogens is 3. The number of alkyl halides is 3. The van der Waals surface area contributed by atoms with Crippen molar-refractivity contribution in [3.63, 3.8) is 0 Å². The van der Waals surface area contributed by atoms with Crippen molar-refractivity contribution < 1.29 is 27.9 Å². The molecule has 1 aromatic carbocycles. The number of carbonyl (C=O) groups excluding carboxylic acids is 1. The molecule has 0 bridgehead atoms. The number of rotatable bonds is 3. The number of carboxylic acid groups (broad SMARTS) is 1. The van der Waals surface area contributed by atoms with Crippen LogP contribution in [0, 0.1) is 0 Å². The van der Waals surface area contributed by atoms with Crippen LogP contribution in [0.3, 0.4) is 0 Å². The van der Waals surface area contributed by atoms with Gasteiger partial charge in [0.25, 0.3) is 5.91 Å². The average Bonchev–Trinajstić information content (AvgIpc) is 3.11. The highest BCUT2D eigenvalue weighted by atomic mass is 19.4. The first kappa shape index (κ1) is 22.0. The predicted molar refractivity (Wildman–Crippen MR) is 103 cm³/mol. The quantitative estimate of drug-likeness (QED) is 0.420. The largest absolute Gasteiger partial charge is 0.490 e. The first-order valence-corrected chi connectivity index (χ1v) is 9.13. The maximum absolute atomic E-state index is 12.3. The van der Waals surface area contributed by atoms with Gasteiger partial charge in [-0.2, -0.15) is 13.2 Å². The van der Waals surface area contributed by atoms with E-state index in [2.05, 4.69) is 31.7 Å². The van der Waals surface area contributed by atoms with Crippen LogP contribution in [0.5, 0.6) is 0 Å². The number of hydrogen-bond donors (Lipinski definition) is 5. The molecule has 5 N–H and O–H groups in total. The number of H-pyrrole nitrogens is 2. The van der Waals surface area contributed by atoms with Crippen LogP contribution in [0.15, 0.2) is 35.1 Å². The number of benzene rings is 1. The smallest absolute Gasteiger partial charge is 0.475 e. The minimum atomic E-state index is -5.08. The van der Waals surface area contributed by atoms with Gasteiger partial charge in [0.2, 0.25) is 0 Å². The van der Waals surface area contributed by atoms with Gasteiger partial charge in [0.05, 0.1) is 5.52 Å². The van der Waals surface area contributed by atoms with Gasteiger partial charge in [-0.1, -0.05) is 18.2 Å². The molecule has 1 amide bonds. The van der Waals surface area contributed by atoms with Gasteiger partial charge in [0.1, 0.15) is 5.69 Å². The fraction of sp³-hybridized carbons (Fsp3) is 0.263. The van der Waals surface area contributed by atoms with E-state index in [1.807, 2.05) is 12.1 Å². The summed E-state index contributed by atoms with van der Waals surface area (Å²) in [5.74, 6) is -3.02. The Morgan fingerprint density at radius 2 is 1.90 bits per heavy atom. The number of carboxylic acids is 1. The van der Waals surface area contributed by atoms with Crippen molar-refractivity contribution in [1.82, 2.24) is 25.6 Å². The van der Waals surface area contributed by atoms with Crippen LogP contribution >= 0.6 is 0 Å². The molecule has 0 saturated heterocycles. The molecule has 0 spiro atoms. The van der Waals surface area contributed by atoms with E-state index in [4.69, 9.17) is 9.90 Å². The van der Waals surface area contributed by atoms with Crippen molar-refractivity contribution in [2.24, 2.45) is 0 Å². The van der Waals surface area contributed by atoms with Gasteiger partial charge in [0, 0.05) is 13.1 Å². The molecule has 164 valence electrons. The molecule has 0 radical (unpaired) electrons. The number of pyridine rings is 1. The van der Waals surface area contributed by atoms with Crippen molar-refractivity contribution in [3.8, 4) is 0 Å². The number of carbonyl (C=O) groups is 2. The summed E-state index contributed by atoms with van der Waals surface area (Å²) in [6, 6.07) is 9.45. The van der Waals surface area contributed by atoms with Gasteiger partial charge in [-0.05, 0) is 41.8 Å². The summed E-state index contributed by atoms with van der Waals surface area (Å²) in [5, 5.41) is 13.4. The molecule has 0 unspecified atom stereocenters. The predicted octanol–water partition coefficient (Wildman–Crippen LogP) is 1.46. The van der Waals surface area contributed by atoms with Crippen LogP contribution in [0.4, 0.5) is 13.2 Å². The second-order valence-electron chi connectivity index (χ2n) is 6.64. The van der Waals surface area contributed by atoms with Crippen molar-refractivity contribution >= 4 is 23.0 Å². The number of hydrogen-bond acceptors (Lipinski definition) is 5. The van der Waals surface area contributed by atoms with E-state index in [-0.39, 0.29) is 17.3 Å². The first-order chi connectivity index (χ1) is 14.6. The lowest BCUT2D eigenvalue weighted by atomic mass is 9.95. The minimum absolute atomic E-state index is 0.259. The zero-order chi connectivity index (χ0) is 22.6. The Morgan fingerprint density at radius 3 is 2.61 bits per heavy atom. The number of aliphatic carboxylic acids is 1. The van der Waals surface area contributed by atoms with Gasteiger partial charge in [-0.3, -0.25) is 9.78 Å². The van der Waals surface area contributed by atoms with Crippen molar-refractivity contribution in [3.05, 3.63) is 63.2 Å². The second-order valence-corrected chi connectivity index (χ2v) is 6.64. The highest BCUT2D eigenvalue weighted by Crippen LogP contribution is 2.18. The van der Waals surface area contributed by atoms with E-state index >= 15 is 0 Å². The van der Waals surface area contributed by atoms with Gasteiger partial charge >= 0.3 is 17.8 Å². The fourth-order valence-electron chi connectivity index (χ4n) is 3.09. The molecule has 0 fully saturated rings. The van der Waals surface area contributed by atoms with Gasteiger partial charge in [-0.25, -0.2) is 14.6 Å². The zero-order valence-corrected chi connectivity index (χ0v) is 16.0. The monoisotopic (exact) mass is 437 g/mol. The Morgan fingerprint density at radius 1 is 1.16 bits per heavy atom. The second kappa shape index (κ2) is 9.00. The number of amides is 1. The molecule has 3 aromatic rings. The van der Waals surface area contributed by atoms with Gasteiger partial charge < -0.3 is 20.7 Å². The van der Waals surface area contributed by atoms with E-state index in [1.54, 1.807) is 12.1 Å². The molecular formula is C19H18F3N5O4. The van der Waals surface area contributed by atoms with Crippen LogP contribution < -0.4 is 16.3 Å². The highest BCUT2D eigenvalue weighted by molar-refractivity contribution is 5.93. The maximum Gasteiger partial charge on any atom is 0.490 e. The Bertz CT molecular complexity index is 1170. The molecule has 4 rings (SSSR count). The Balaban J connectivity index is 0.000000339. The molecule has 3 heterocycles. The van der Waals surface area contributed by atoms with E-state index < -0.39 is 12.1 Å². The minimum Gasteiger partial charge on any atom is -0.475 e. The number of aromatic amines is 2. The maximum atomic E-state index is 12.3. The van der Waals surface area contributed by atoms with E-state index in [0.717, 1.165) is 25.1 Å². The molecule has 1 aliphatic heterocycles. The molecule has 31 heavy (non-hydrogen) atoms. The SMILES string of the molecule is O=C(NCc1cccc2c1CCNC2)c1ccc2[nH]c(=O)[nH]c2n1.O=C(O)C(F)(F)F. The standard InChI is InChI=1S/C17H17N5O2.C2HF3O2/c23-16(14-5-4-13-15(20-14)22-17(24)21-13)19-9-11-3-1-2-10-8-18-7-6-12(10)11;3-2(4,5)1(6)7/h1-5,18H,6-9H2,(H,19,23)(H2,20,21,22,24);(H,6,7). The molecule has 0 saturated carbocycles. The molecule has 1 aliphatic rings. The van der Waals surface area contributed by atoms with Crippen molar-refractivity contribution in [2.75, 3.05) is 6.54 Å². The van der Waals surface area contributed by atoms with Gasteiger partial charge in [0.15, 0.2) is 5.65 Å². The van der Waals surface area contributed by atoms with Crippen molar-refractivity contribution in [1.29, 1.82) is 0 Å². The number of nitrogens with one attached hydrogen (secondary N) is 4. The lowest BCUT2D eigenvalue weighted by Gasteiger charge is -2.20. The van der Waals surface area contributed by atoms with E-state index in [0.29, 0.717) is 17.7 Å². The zero-order valence-electron chi connectivity index (χ0n) is 16.0. The van der Waals surface area contributed by atoms with Crippen LogP contribution in [-0.2, 0) is 24.3 Å². The summed E-state index contributed by atoms with van der Waals surface area (Å²) >= 11 is 0. The van der Waals surface area contributed by atoms with Crippen LogP contribution in [0.1, 0.15) is 27.2 Å². The molecule has 0 atom stereocenters. The van der Waals surface area contributed by atoms with E-state index in [1.165, 1.54) is 11.1 Å². The van der Waals surface area contributed by atoms with Crippen molar-refractivity contribution in [2.45, 2.75) is 25.7 Å². The summed E-state index contributed by atoms with van der Waals surface area (Å²) in [7, 11) is 0. The summed E-state index contributed by atoms with van der Waals surface area (Å²) in [4.78, 5) is 41.9. The third kappa shape index (κ3) is 5.48. The number of imidazole rings is 1.